The molecule has 8 atom stereocenters. The quantitative estimate of drug-likeness (QED) is 0.129. The van der Waals surface area contributed by atoms with E-state index < -0.39 is 81.0 Å². The number of hydrogen-bond acceptors (Lipinski definition) is 12. The highest BCUT2D eigenvalue weighted by molar-refractivity contribution is 7.91. The summed E-state index contributed by atoms with van der Waals surface area (Å²) in [5, 5.41) is 39.7. The van der Waals surface area contributed by atoms with Crippen LogP contribution in [0, 0.1) is 5.41 Å². The summed E-state index contributed by atoms with van der Waals surface area (Å²) >= 11 is 0. The first-order valence-electron chi connectivity index (χ1n) is 18.2. The minimum Gasteiger partial charge on any atom is -0.392 e. The number of nitrogens with zero attached hydrogens (tertiary/aromatic N) is 1. The van der Waals surface area contributed by atoms with Crippen molar-refractivity contribution in [1.29, 1.82) is 0 Å². The molecule has 7 unspecified atom stereocenters. The van der Waals surface area contributed by atoms with Crippen LogP contribution in [0.5, 0.6) is 0 Å². The third-order valence-corrected chi connectivity index (χ3v) is 12.9. The highest BCUT2D eigenvalue weighted by atomic mass is 32.3. The average molecular weight is 806 g/mol. The Kier molecular flexibility index (Phi) is 13.6. The van der Waals surface area contributed by atoms with E-state index in [4.69, 9.17) is 14.0 Å². The fraction of sp³-hybridized carbons (Fsp3) is 0.500. The fourth-order valence-electron chi connectivity index (χ4n) is 7.42. The number of urea groups is 1. The van der Waals surface area contributed by atoms with E-state index in [1.165, 1.54) is 0 Å². The molecule has 0 saturated carbocycles. The van der Waals surface area contributed by atoms with Gasteiger partial charge in [0.2, 0.25) is 0 Å². The lowest BCUT2D eigenvalue weighted by molar-refractivity contribution is -0.246. The van der Waals surface area contributed by atoms with Gasteiger partial charge in [-0.25, -0.2) is 17.4 Å². The molecule has 1 fully saturated rings. The summed E-state index contributed by atoms with van der Waals surface area (Å²) in [6.45, 7) is 3.00. The van der Waals surface area contributed by atoms with E-state index in [9.17, 15) is 36.9 Å². The van der Waals surface area contributed by atoms with Crippen molar-refractivity contribution in [1.82, 2.24) is 5.32 Å². The topological polar surface area (TPSA) is 221 Å². The van der Waals surface area contributed by atoms with Crippen molar-refractivity contribution in [3.8, 4) is 0 Å². The monoisotopic (exact) mass is 805 g/mol. The summed E-state index contributed by atoms with van der Waals surface area (Å²) in [6.07, 6.45) is -6.32. The molecule has 302 valence electrons. The van der Waals surface area contributed by atoms with Crippen LogP contribution < -0.4 is 15.5 Å². The molecule has 6 N–H and O–H groups in total. The van der Waals surface area contributed by atoms with Gasteiger partial charge in [0.05, 0.1) is 30.0 Å². The molecular formula is C38H51N3O12S2. The summed E-state index contributed by atoms with van der Waals surface area (Å²) in [4.78, 5) is 15.5. The Morgan fingerprint density at radius 3 is 2.38 bits per heavy atom. The Labute approximate surface area is 322 Å². The number of amides is 2. The third kappa shape index (κ3) is 10.0. The minimum atomic E-state index is -4.93. The number of sulfone groups is 1. The molecule has 1 saturated heterocycles. The largest absolute Gasteiger partial charge is 0.397 e. The van der Waals surface area contributed by atoms with Crippen LogP contribution in [-0.2, 0) is 40.5 Å². The van der Waals surface area contributed by atoms with Gasteiger partial charge in [0.15, 0.2) is 16.1 Å². The van der Waals surface area contributed by atoms with Gasteiger partial charge in [-0.05, 0) is 59.9 Å². The van der Waals surface area contributed by atoms with Gasteiger partial charge in [0.1, 0.15) is 24.4 Å². The number of aliphatic hydroxyl groups excluding tert-OH is 3. The molecule has 2 heterocycles. The van der Waals surface area contributed by atoms with E-state index in [-0.39, 0.29) is 22.9 Å². The van der Waals surface area contributed by atoms with Gasteiger partial charge in [0, 0.05) is 36.8 Å². The summed E-state index contributed by atoms with van der Waals surface area (Å²) in [5.74, 6) is -1.00. The van der Waals surface area contributed by atoms with Crippen molar-refractivity contribution < 1.29 is 55.2 Å². The number of unbranched alkanes of at least 4 members (excludes halogenated alkanes) is 1. The van der Waals surface area contributed by atoms with Crippen LogP contribution >= 0.6 is 0 Å². The Hall–Kier alpha value is -3.65. The van der Waals surface area contributed by atoms with Crippen molar-refractivity contribution >= 4 is 37.6 Å². The van der Waals surface area contributed by atoms with Crippen molar-refractivity contribution in [2.75, 3.05) is 36.7 Å². The van der Waals surface area contributed by atoms with Gasteiger partial charge in [-0.15, -0.1) is 0 Å². The molecule has 3 aromatic rings. The summed E-state index contributed by atoms with van der Waals surface area (Å²) in [5.41, 5.74) is 1.78. The van der Waals surface area contributed by atoms with E-state index in [0.717, 1.165) is 18.5 Å². The van der Waals surface area contributed by atoms with E-state index in [2.05, 4.69) is 14.8 Å². The second kappa shape index (κ2) is 17.7. The zero-order valence-corrected chi connectivity index (χ0v) is 32.9. The predicted octanol–water partition coefficient (Wildman–Crippen LogP) is 3.59. The van der Waals surface area contributed by atoms with E-state index in [0.29, 0.717) is 29.5 Å². The molecule has 2 aliphatic rings. The number of hydrogen-bond donors (Lipinski definition) is 6. The molecule has 17 heteroatoms. The van der Waals surface area contributed by atoms with Gasteiger partial charge >= 0.3 is 16.4 Å². The van der Waals surface area contributed by atoms with Crippen molar-refractivity contribution in [3.05, 3.63) is 89.5 Å². The first-order valence-corrected chi connectivity index (χ1v) is 21.2. The van der Waals surface area contributed by atoms with E-state index >= 15 is 0 Å². The molecule has 15 nitrogen and oxygen atoms in total. The van der Waals surface area contributed by atoms with Crippen LogP contribution in [0.1, 0.15) is 62.1 Å². The second-order valence-corrected chi connectivity index (χ2v) is 17.4. The van der Waals surface area contributed by atoms with Crippen LogP contribution in [0.25, 0.3) is 0 Å². The predicted molar refractivity (Wildman–Crippen MR) is 205 cm³/mol. The number of carbonyl (C=O) groups is 1. The number of nitrogens with one attached hydrogen (secondary N) is 2. The second-order valence-electron chi connectivity index (χ2n) is 14.4. The Morgan fingerprint density at radius 1 is 1.00 bits per heavy atom. The first-order chi connectivity index (χ1) is 26.0. The smallest absolute Gasteiger partial charge is 0.392 e. The molecule has 55 heavy (non-hydrogen) atoms. The maximum Gasteiger partial charge on any atom is 0.397 e. The normalized spacial score (nSPS) is 27.7. The van der Waals surface area contributed by atoms with Gasteiger partial charge < -0.3 is 40.3 Å². The van der Waals surface area contributed by atoms with Crippen LogP contribution in [0.3, 0.4) is 0 Å². The Balaban J connectivity index is 1.43. The van der Waals surface area contributed by atoms with Crippen molar-refractivity contribution in [3.63, 3.8) is 0 Å². The van der Waals surface area contributed by atoms with Crippen LogP contribution in [0.2, 0.25) is 0 Å². The van der Waals surface area contributed by atoms with Gasteiger partial charge in [0.25, 0.3) is 0 Å². The molecule has 0 aliphatic carbocycles. The highest BCUT2D eigenvalue weighted by Gasteiger charge is 2.49. The zero-order chi connectivity index (χ0) is 40.1. The number of fused-ring (bicyclic) bond motifs is 1. The van der Waals surface area contributed by atoms with E-state index in [1.807, 2.05) is 32.8 Å². The number of benzene rings is 3. The van der Waals surface area contributed by atoms with Crippen LogP contribution in [-0.4, -0.2) is 106 Å². The number of rotatable bonds is 14. The summed E-state index contributed by atoms with van der Waals surface area (Å²) in [6, 6.07) is 19.8. The minimum absolute atomic E-state index is 0.0531. The molecular weight excluding hydrogens is 755 g/mol. The average Bonchev–Trinajstić information content (AvgIpc) is 3.21. The Morgan fingerprint density at radius 2 is 1.73 bits per heavy atom. The molecule has 0 bridgehead atoms. The molecule has 0 spiro atoms. The van der Waals surface area contributed by atoms with Gasteiger partial charge in [-0.2, -0.15) is 8.42 Å². The van der Waals surface area contributed by atoms with E-state index in [1.54, 1.807) is 72.8 Å². The molecule has 0 aromatic heterocycles. The molecule has 2 amide bonds. The number of aliphatic hydroxyl groups is 3. The highest BCUT2D eigenvalue weighted by Crippen LogP contribution is 2.49. The maximum atomic E-state index is 14.0. The lowest BCUT2D eigenvalue weighted by Crippen LogP contribution is -2.64. The standard InChI is InChI=1S/C38H51N3O12S2/c1-5-7-18-38(6-2)23-54(46,47)30-17-16-27(41(3)4)20-28(30)31(35(38)44)25-14-11-15-26(19-25)39-37(45)40-36-33(43)34(51-21-24-12-9-8-10-13-24)32(42)29(53-36)22-52-55(48,49)50/h8-17,19-20,29,31-36,42-44H,5-7,18,21-23H2,1-4H3,(H2,39,40,45)(H,48,49,50)/t29?,31?,32?,33?,34?,35?,36?,38-/m1/s1. The van der Waals surface area contributed by atoms with Crippen molar-refractivity contribution in [2.45, 2.75) is 93.7 Å². The lowest BCUT2D eigenvalue weighted by atomic mass is 9.69. The maximum absolute atomic E-state index is 14.0. The SMILES string of the molecule is CCCC[C@]1(CC)CS(=O)(=O)c2ccc(N(C)C)cc2C(c2cccc(NC(=O)NC3OC(COS(=O)(=O)O)C(O)C(OCc4ccccc4)C3O)c2)C1O. The number of anilines is 2. The molecule has 0 radical (unpaired) electrons. The summed E-state index contributed by atoms with van der Waals surface area (Å²) in [7, 11) is -5.07. The zero-order valence-electron chi connectivity index (χ0n) is 31.2. The van der Waals surface area contributed by atoms with Gasteiger partial charge in [-0.1, -0.05) is 69.2 Å². The van der Waals surface area contributed by atoms with Crippen LogP contribution in [0.15, 0.2) is 77.7 Å². The first kappa shape index (κ1) is 42.5. The fourth-order valence-corrected chi connectivity index (χ4v) is 9.98. The Bertz CT molecular complexity index is 2000. The molecule has 2 aliphatic heterocycles. The lowest BCUT2D eigenvalue weighted by Gasteiger charge is -2.42. The molecule has 3 aromatic carbocycles. The van der Waals surface area contributed by atoms with Crippen molar-refractivity contribution in [2.24, 2.45) is 5.41 Å². The number of ether oxygens (including phenoxy) is 2. The van der Waals surface area contributed by atoms with Gasteiger partial charge in [-0.3, -0.25) is 4.55 Å². The molecule has 5 rings (SSSR count). The number of carbonyl (C=O) groups excluding carboxylic acids is 1. The third-order valence-electron chi connectivity index (χ3n) is 10.5. The summed E-state index contributed by atoms with van der Waals surface area (Å²) < 4.78 is 75.7. The van der Waals surface area contributed by atoms with Crippen LogP contribution in [0.4, 0.5) is 16.2 Å².